The highest BCUT2D eigenvalue weighted by Gasteiger charge is 2.29. The summed E-state index contributed by atoms with van der Waals surface area (Å²) in [6.07, 6.45) is 0. The van der Waals surface area contributed by atoms with Gasteiger partial charge in [-0.2, -0.15) is 0 Å². The van der Waals surface area contributed by atoms with Gasteiger partial charge in [0.15, 0.2) is 0 Å². The second-order valence-corrected chi connectivity index (χ2v) is 1.71. The lowest BCUT2D eigenvalue weighted by molar-refractivity contribution is -0.142. The molecule has 0 aromatic heterocycles. The molecular weight excluding hydrogens is 106 g/mol. The molecule has 1 aliphatic rings. The maximum absolute atomic E-state index is 10.5. The first-order valence-electron chi connectivity index (χ1n) is 2.74. The summed E-state index contributed by atoms with van der Waals surface area (Å²) in [5.41, 5.74) is 0. The summed E-state index contributed by atoms with van der Waals surface area (Å²) < 4.78 is 4.66. The van der Waals surface area contributed by atoms with Crippen molar-refractivity contribution in [2.45, 2.75) is 13.0 Å². The summed E-state index contributed by atoms with van der Waals surface area (Å²) in [6.45, 7) is 3.08. The monoisotopic (exact) mass is 115 g/mol. The highest BCUT2D eigenvalue weighted by Crippen LogP contribution is 1.98. The van der Waals surface area contributed by atoms with Crippen molar-refractivity contribution in [3.8, 4) is 0 Å². The number of esters is 1. The van der Waals surface area contributed by atoms with Crippen molar-refractivity contribution >= 4 is 5.97 Å². The molecule has 1 fully saturated rings. The van der Waals surface area contributed by atoms with E-state index in [0.717, 1.165) is 6.54 Å². The first-order chi connectivity index (χ1) is 3.84. The molecule has 0 aromatic rings. The van der Waals surface area contributed by atoms with Crippen LogP contribution < -0.4 is 5.32 Å². The number of ether oxygens (including phenoxy) is 1. The van der Waals surface area contributed by atoms with Crippen molar-refractivity contribution in [3.63, 3.8) is 0 Å². The topological polar surface area (TPSA) is 48.2 Å². The van der Waals surface area contributed by atoms with Crippen LogP contribution in [0.3, 0.4) is 0 Å². The molecule has 1 aliphatic heterocycles. The number of hydrogen-bond acceptors (Lipinski definition) is 3. The van der Waals surface area contributed by atoms with Gasteiger partial charge in [-0.1, -0.05) is 0 Å². The summed E-state index contributed by atoms with van der Waals surface area (Å²) in [7, 11) is 0. The van der Waals surface area contributed by atoms with E-state index in [1.165, 1.54) is 0 Å². The molecule has 0 bridgehead atoms. The van der Waals surface area contributed by atoms with Crippen LogP contribution in [0.4, 0.5) is 0 Å². The molecule has 0 saturated carbocycles. The minimum atomic E-state index is -0.118. The second kappa shape index (κ2) is 2.13. The molecule has 0 unspecified atom stereocenters. The maximum Gasteiger partial charge on any atom is 0.324 e. The first-order valence-corrected chi connectivity index (χ1v) is 2.74. The van der Waals surface area contributed by atoms with Crippen LogP contribution in [0.5, 0.6) is 0 Å². The molecule has 1 N–H and O–H groups in total. The molecule has 0 amide bonds. The third-order valence-electron chi connectivity index (χ3n) is 0.979. The van der Waals surface area contributed by atoms with Crippen LogP contribution in [0.25, 0.3) is 0 Å². The number of hydrogen-bond donors (Lipinski definition) is 1. The average Bonchev–Trinajstić information content (AvgIpc) is 2.45. The predicted octanol–water partition coefficient (Wildman–Crippen LogP) is -0.479. The van der Waals surface area contributed by atoms with Crippen LogP contribution in [0.15, 0.2) is 0 Å². The van der Waals surface area contributed by atoms with Gasteiger partial charge in [-0.05, 0) is 6.92 Å². The first kappa shape index (κ1) is 5.56. The van der Waals surface area contributed by atoms with E-state index in [0.29, 0.717) is 6.61 Å². The van der Waals surface area contributed by atoms with Gasteiger partial charge in [0.25, 0.3) is 0 Å². The second-order valence-electron chi connectivity index (χ2n) is 1.71. The molecule has 1 saturated heterocycles. The van der Waals surface area contributed by atoms with Gasteiger partial charge in [-0.15, -0.1) is 0 Å². The van der Waals surface area contributed by atoms with Crippen molar-refractivity contribution in [1.82, 2.24) is 5.32 Å². The SMILES string of the molecule is CCOC(=O)[C@H]1CN1. The van der Waals surface area contributed by atoms with Gasteiger partial charge in [-0.25, -0.2) is 0 Å². The average molecular weight is 115 g/mol. The zero-order valence-corrected chi connectivity index (χ0v) is 4.81. The Bertz CT molecular complexity index is 98.6. The minimum absolute atomic E-state index is 0.00921. The molecule has 1 heterocycles. The fourth-order valence-corrected chi connectivity index (χ4v) is 0.468. The zero-order valence-electron chi connectivity index (χ0n) is 4.81. The molecule has 0 radical (unpaired) electrons. The molecule has 0 aromatic carbocycles. The van der Waals surface area contributed by atoms with E-state index in [1.807, 2.05) is 0 Å². The summed E-state index contributed by atoms with van der Waals surface area (Å²) in [4.78, 5) is 10.5. The van der Waals surface area contributed by atoms with Gasteiger partial charge in [0.05, 0.1) is 6.61 Å². The fraction of sp³-hybridized carbons (Fsp3) is 0.800. The summed E-state index contributed by atoms with van der Waals surface area (Å²) >= 11 is 0. The highest BCUT2D eigenvalue weighted by molar-refractivity contribution is 5.78. The Morgan fingerprint density at radius 3 is 3.00 bits per heavy atom. The molecule has 1 atom stereocenters. The van der Waals surface area contributed by atoms with Crippen LogP contribution >= 0.6 is 0 Å². The summed E-state index contributed by atoms with van der Waals surface area (Å²) in [6, 6.07) is 0.00921. The fourth-order valence-electron chi connectivity index (χ4n) is 0.468. The van der Waals surface area contributed by atoms with E-state index < -0.39 is 0 Å². The van der Waals surface area contributed by atoms with Crippen LogP contribution in [0.1, 0.15) is 6.92 Å². The van der Waals surface area contributed by atoms with Crippen LogP contribution in [0, 0.1) is 0 Å². The van der Waals surface area contributed by atoms with Crippen molar-refractivity contribution in [3.05, 3.63) is 0 Å². The van der Waals surface area contributed by atoms with Crippen LogP contribution in [-0.2, 0) is 9.53 Å². The molecular formula is C5H9NO2. The Morgan fingerprint density at radius 1 is 2.00 bits per heavy atom. The Hall–Kier alpha value is -0.570. The Balaban J connectivity index is 2.13. The van der Waals surface area contributed by atoms with E-state index in [4.69, 9.17) is 0 Å². The highest BCUT2D eigenvalue weighted by atomic mass is 16.5. The van der Waals surface area contributed by atoms with E-state index in [-0.39, 0.29) is 12.0 Å². The largest absolute Gasteiger partial charge is 0.465 e. The molecule has 46 valence electrons. The van der Waals surface area contributed by atoms with E-state index in [1.54, 1.807) is 6.92 Å². The van der Waals surface area contributed by atoms with Crippen molar-refractivity contribution in [2.75, 3.05) is 13.2 Å². The molecule has 0 aliphatic carbocycles. The predicted molar refractivity (Wildman–Crippen MR) is 28.4 cm³/mol. The third-order valence-corrected chi connectivity index (χ3v) is 0.979. The zero-order chi connectivity index (χ0) is 5.98. The molecule has 8 heavy (non-hydrogen) atoms. The van der Waals surface area contributed by atoms with Gasteiger partial charge in [-0.3, -0.25) is 4.79 Å². The number of carbonyl (C=O) groups is 1. The van der Waals surface area contributed by atoms with Gasteiger partial charge in [0, 0.05) is 6.54 Å². The van der Waals surface area contributed by atoms with Gasteiger partial charge in [0.1, 0.15) is 6.04 Å². The van der Waals surface area contributed by atoms with Crippen molar-refractivity contribution in [2.24, 2.45) is 0 Å². The third kappa shape index (κ3) is 1.20. The number of rotatable bonds is 2. The van der Waals surface area contributed by atoms with E-state index >= 15 is 0 Å². The van der Waals surface area contributed by atoms with Crippen molar-refractivity contribution < 1.29 is 9.53 Å². The smallest absolute Gasteiger partial charge is 0.324 e. The molecule has 3 nitrogen and oxygen atoms in total. The standard InChI is InChI=1S/C5H9NO2/c1-2-8-5(7)4-3-6-4/h4,6H,2-3H2,1H3/t4-/m1/s1. The summed E-state index contributed by atoms with van der Waals surface area (Å²) in [5.74, 6) is -0.118. The molecule has 1 rings (SSSR count). The lowest BCUT2D eigenvalue weighted by Crippen LogP contribution is -2.13. The molecule has 0 spiro atoms. The lowest BCUT2D eigenvalue weighted by Gasteiger charge is -1.94. The van der Waals surface area contributed by atoms with Gasteiger partial charge in [0.2, 0.25) is 0 Å². The number of nitrogens with one attached hydrogen (secondary N) is 1. The van der Waals surface area contributed by atoms with Crippen LogP contribution in [0.2, 0.25) is 0 Å². The van der Waals surface area contributed by atoms with Gasteiger partial charge >= 0.3 is 5.97 Å². The van der Waals surface area contributed by atoms with Crippen molar-refractivity contribution in [1.29, 1.82) is 0 Å². The van der Waals surface area contributed by atoms with E-state index in [9.17, 15) is 4.79 Å². The number of carbonyl (C=O) groups excluding carboxylic acids is 1. The van der Waals surface area contributed by atoms with Crippen LogP contribution in [-0.4, -0.2) is 25.2 Å². The summed E-state index contributed by atoms with van der Waals surface area (Å²) in [5, 5.41) is 2.84. The minimum Gasteiger partial charge on any atom is -0.465 e. The normalized spacial score (nSPS) is 24.9. The maximum atomic E-state index is 10.5. The quantitative estimate of drug-likeness (QED) is 0.390. The van der Waals surface area contributed by atoms with E-state index in [2.05, 4.69) is 10.1 Å². The Labute approximate surface area is 48.0 Å². The van der Waals surface area contributed by atoms with Gasteiger partial charge < -0.3 is 10.1 Å². The Morgan fingerprint density at radius 2 is 2.62 bits per heavy atom. The molecule has 3 heteroatoms. The Kier molecular flexibility index (Phi) is 1.48. The lowest BCUT2D eigenvalue weighted by atomic mass is 10.5.